The summed E-state index contributed by atoms with van der Waals surface area (Å²) in [7, 11) is 0. The summed E-state index contributed by atoms with van der Waals surface area (Å²) in [5, 5.41) is 13.8. The Labute approximate surface area is 242 Å². The SMILES string of the molecule is Cc1cc(/C=C(/C#N)C(=O)NCCc2c[nH]c3ccccc23)c(C)n1-c1ccc(OCc2ccc(Br)cc2)cc1. The van der Waals surface area contributed by atoms with E-state index in [4.69, 9.17) is 4.74 Å². The van der Waals surface area contributed by atoms with E-state index in [1.54, 1.807) is 6.08 Å². The Morgan fingerprint density at radius 3 is 2.58 bits per heavy atom. The lowest BCUT2D eigenvalue weighted by Crippen LogP contribution is -2.26. The molecule has 0 fully saturated rings. The molecule has 6 nitrogen and oxygen atoms in total. The van der Waals surface area contributed by atoms with Gasteiger partial charge in [-0.25, -0.2) is 0 Å². The zero-order valence-corrected chi connectivity index (χ0v) is 24.0. The fourth-order valence-electron chi connectivity index (χ4n) is 4.82. The number of amides is 1. The van der Waals surface area contributed by atoms with Gasteiger partial charge in [-0.2, -0.15) is 5.26 Å². The first-order chi connectivity index (χ1) is 19.4. The molecule has 5 rings (SSSR count). The molecular formula is C33H29BrN4O2. The van der Waals surface area contributed by atoms with Crippen molar-refractivity contribution < 1.29 is 9.53 Å². The minimum Gasteiger partial charge on any atom is -0.489 e. The number of ether oxygens (including phenoxy) is 1. The molecule has 0 saturated carbocycles. The second-order valence-electron chi connectivity index (χ2n) is 9.61. The van der Waals surface area contributed by atoms with Gasteiger partial charge in [0.2, 0.25) is 0 Å². The minimum absolute atomic E-state index is 0.0795. The van der Waals surface area contributed by atoms with Crippen molar-refractivity contribution >= 4 is 38.8 Å². The van der Waals surface area contributed by atoms with E-state index in [9.17, 15) is 10.1 Å². The molecule has 2 aromatic heterocycles. The van der Waals surface area contributed by atoms with Crippen LogP contribution in [0.2, 0.25) is 0 Å². The van der Waals surface area contributed by atoms with Crippen molar-refractivity contribution in [1.82, 2.24) is 14.9 Å². The maximum Gasteiger partial charge on any atom is 0.261 e. The first-order valence-electron chi connectivity index (χ1n) is 13.0. The Morgan fingerprint density at radius 1 is 1.07 bits per heavy atom. The van der Waals surface area contributed by atoms with Crippen LogP contribution in [0.5, 0.6) is 5.75 Å². The van der Waals surface area contributed by atoms with E-state index in [0.717, 1.165) is 54.9 Å². The van der Waals surface area contributed by atoms with Gasteiger partial charge in [-0.3, -0.25) is 4.79 Å². The van der Waals surface area contributed by atoms with Crippen LogP contribution in [0.25, 0.3) is 22.7 Å². The molecule has 0 atom stereocenters. The average molecular weight is 594 g/mol. The highest BCUT2D eigenvalue weighted by Crippen LogP contribution is 2.25. The number of nitrogens with one attached hydrogen (secondary N) is 2. The third kappa shape index (κ3) is 6.03. The number of carbonyl (C=O) groups is 1. The summed E-state index contributed by atoms with van der Waals surface area (Å²) in [6.07, 6.45) is 4.30. The number of aromatic amines is 1. The number of aromatic nitrogens is 2. The summed E-state index contributed by atoms with van der Waals surface area (Å²) in [5.74, 6) is 0.407. The molecule has 0 saturated heterocycles. The smallest absolute Gasteiger partial charge is 0.261 e. The number of benzene rings is 3. The standard InChI is InChI=1S/C33H29BrN4O2/c1-22-17-26(18-27(19-35)33(39)36-16-15-25-20-37-32-6-4-3-5-31(25)32)23(2)38(22)29-11-13-30(14-12-29)40-21-24-7-9-28(34)10-8-24/h3-14,17-18,20,37H,15-16,21H2,1-2H3,(H,36,39)/b27-18-. The van der Waals surface area contributed by atoms with Gasteiger partial charge < -0.3 is 19.6 Å². The van der Waals surface area contributed by atoms with Crippen LogP contribution in [-0.2, 0) is 17.8 Å². The molecule has 0 aliphatic carbocycles. The zero-order chi connectivity index (χ0) is 28.1. The van der Waals surface area contributed by atoms with Gasteiger partial charge in [-0.1, -0.05) is 46.3 Å². The molecule has 0 unspecified atom stereocenters. The lowest BCUT2D eigenvalue weighted by atomic mass is 10.1. The molecule has 40 heavy (non-hydrogen) atoms. The molecule has 0 radical (unpaired) electrons. The Kier molecular flexibility index (Phi) is 8.18. The van der Waals surface area contributed by atoms with Crippen molar-refractivity contribution in [2.75, 3.05) is 6.54 Å². The van der Waals surface area contributed by atoms with Crippen LogP contribution < -0.4 is 10.1 Å². The number of hydrogen-bond acceptors (Lipinski definition) is 3. The summed E-state index contributed by atoms with van der Waals surface area (Å²) >= 11 is 3.45. The molecule has 2 heterocycles. The number of carbonyl (C=O) groups excluding carboxylic acids is 1. The van der Waals surface area contributed by atoms with Gasteiger partial charge >= 0.3 is 0 Å². The molecule has 1 amide bonds. The highest BCUT2D eigenvalue weighted by Gasteiger charge is 2.14. The van der Waals surface area contributed by atoms with Crippen molar-refractivity contribution in [1.29, 1.82) is 5.26 Å². The van der Waals surface area contributed by atoms with Crippen molar-refractivity contribution in [3.05, 3.63) is 123 Å². The molecule has 0 spiro atoms. The van der Waals surface area contributed by atoms with Crippen LogP contribution in [0.15, 0.2) is 95.1 Å². The predicted molar refractivity (Wildman–Crippen MR) is 162 cm³/mol. The van der Waals surface area contributed by atoms with Crippen LogP contribution in [0.1, 0.15) is 28.1 Å². The first-order valence-corrected chi connectivity index (χ1v) is 13.8. The molecule has 7 heteroatoms. The Morgan fingerprint density at radius 2 is 1.82 bits per heavy atom. The number of nitriles is 1. The summed E-state index contributed by atoms with van der Waals surface area (Å²) in [5.41, 5.74) is 7.13. The number of halogens is 1. The van der Waals surface area contributed by atoms with Crippen molar-refractivity contribution in [3.63, 3.8) is 0 Å². The first kappa shape index (κ1) is 27.0. The molecule has 3 aromatic carbocycles. The maximum atomic E-state index is 12.8. The number of hydrogen-bond donors (Lipinski definition) is 2. The summed E-state index contributed by atoms with van der Waals surface area (Å²) < 4.78 is 9.09. The number of para-hydroxylation sites is 1. The summed E-state index contributed by atoms with van der Waals surface area (Å²) in [6.45, 7) is 4.93. The van der Waals surface area contributed by atoms with Gasteiger partial charge in [0.1, 0.15) is 24.0 Å². The topological polar surface area (TPSA) is 82.8 Å². The van der Waals surface area contributed by atoms with E-state index in [1.807, 2.05) is 92.8 Å². The Bertz CT molecular complexity index is 1720. The third-order valence-corrected chi connectivity index (χ3v) is 7.43. The minimum atomic E-state index is -0.376. The van der Waals surface area contributed by atoms with Gasteiger partial charge in [0.25, 0.3) is 5.91 Å². The number of nitrogens with zero attached hydrogens (tertiary/aromatic N) is 2. The molecule has 0 bridgehead atoms. The third-order valence-electron chi connectivity index (χ3n) is 6.90. The molecule has 0 aliphatic heterocycles. The van der Waals surface area contributed by atoms with Gasteiger partial charge in [0.05, 0.1) is 0 Å². The molecule has 5 aromatic rings. The quantitative estimate of drug-likeness (QED) is 0.140. The molecule has 0 aliphatic rings. The Hall–Kier alpha value is -4.54. The van der Waals surface area contributed by atoms with Crippen molar-refractivity contribution in [2.45, 2.75) is 26.9 Å². The normalized spacial score (nSPS) is 11.4. The van der Waals surface area contributed by atoms with Gasteiger partial charge in [0, 0.05) is 45.2 Å². The van der Waals surface area contributed by atoms with E-state index in [2.05, 4.69) is 42.9 Å². The largest absolute Gasteiger partial charge is 0.489 e. The molecule has 2 N–H and O–H groups in total. The fourth-order valence-corrected chi connectivity index (χ4v) is 5.08. The van der Waals surface area contributed by atoms with E-state index in [0.29, 0.717) is 19.6 Å². The van der Waals surface area contributed by atoms with E-state index in [1.165, 1.54) is 0 Å². The monoisotopic (exact) mass is 592 g/mol. The van der Waals surface area contributed by atoms with Gasteiger partial charge in [0.15, 0.2) is 0 Å². The summed E-state index contributed by atoms with van der Waals surface area (Å²) in [4.78, 5) is 16.1. The average Bonchev–Trinajstić information content (AvgIpc) is 3.51. The van der Waals surface area contributed by atoms with E-state index >= 15 is 0 Å². The predicted octanol–water partition coefficient (Wildman–Crippen LogP) is 7.18. The highest BCUT2D eigenvalue weighted by molar-refractivity contribution is 9.10. The van der Waals surface area contributed by atoms with E-state index in [-0.39, 0.29) is 11.5 Å². The molecular weight excluding hydrogens is 564 g/mol. The van der Waals surface area contributed by atoms with Gasteiger partial charge in [-0.05, 0) is 91.6 Å². The Balaban J connectivity index is 1.24. The lowest BCUT2D eigenvalue weighted by Gasteiger charge is -2.12. The van der Waals surface area contributed by atoms with Crippen LogP contribution in [0.3, 0.4) is 0 Å². The fraction of sp³-hybridized carbons (Fsp3) is 0.152. The number of H-pyrrole nitrogens is 1. The summed E-state index contributed by atoms with van der Waals surface area (Å²) in [6, 6.07) is 28.1. The van der Waals surface area contributed by atoms with Crippen LogP contribution in [0, 0.1) is 25.2 Å². The number of rotatable bonds is 9. The second-order valence-corrected chi connectivity index (χ2v) is 10.5. The van der Waals surface area contributed by atoms with Crippen LogP contribution in [-0.4, -0.2) is 22.0 Å². The zero-order valence-electron chi connectivity index (χ0n) is 22.4. The van der Waals surface area contributed by atoms with Crippen LogP contribution in [0.4, 0.5) is 0 Å². The van der Waals surface area contributed by atoms with Crippen molar-refractivity contribution in [2.24, 2.45) is 0 Å². The van der Waals surface area contributed by atoms with Crippen LogP contribution >= 0.6 is 15.9 Å². The lowest BCUT2D eigenvalue weighted by molar-refractivity contribution is -0.117. The van der Waals surface area contributed by atoms with Gasteiger partial charge in [-0.15, -0.1) is 0 Å². The van der Waals surface area contributed by atoms with E-state index < -0.39 is 0 Å². The molecule has 200 valence electrons. The maximum absolute atomic E-state index is 12.8. The number of aryl methyl sites for hydroxylation is 1. The second kappa shape index (κ2) is 12.1. The van der Waals surface area contributed by atoms with Crippen molar-refractivity contribution in [3.8, 4) is 17.5 Å². The number of fused-ring (bicyclic) bond motifs is 1. The highest BCUT2D eigenvalue weighted by atomic mass is 79.9.